The van der Waals surface area contributed by atoms with E-state index in [1.807, 2.05) is 6.07 Å². The highest BCUT2D eigenvalue weighted by molar-refractivity contribution is 7.92. The van der Waals surface area contributed by atoms with Crippen molar-refractivity contribution in [1.29, 1.82) is 5.26 Å². The highest BCUT2D eigenvalue weighted by atomic mass is 35.5. The molecular formula is C16H10ClF3N6O3S2. The summed E-state index contributed by atoms with van der Waals surface area (Å²) in [4.78, 5) is 19.8. The summed E-state index contributed by atoms with van der Waals surface area (Å²) in [5.74, 6) is -0.669. The molecule has 3 rings (SSSR count). The lowest BCUT2D eigenvalue weighted by atomic mass is 10.2. The number of carbonyl (C=O) groups is 1. The number of thiazole rings is 1. The fraction of sp³-hybridized carbons (Fsp3) is 0.188. The van der Waals surface area contributed by atoms with Gasteiger partial charge in [0, 0.05) is 10.6 Å². The number of aromatic nitrogens is 4. The predicted molar refractivity (Wildman–Crippen MR) is 102 cm³/mol. The van der Waals surface area contributed by atoms with Crippen molar-refractivity contribution in [2.45, 2.75) is 23.4 Å². The summed E-state index contributed by atoms with van der Waals surface area (Å²) < 4.78 is 63.1. The van der Waals surface area contributed by atoms with Gasteiger partial charge in [-0.25, -0.2) is 18.4 Å². The molecule has 0 aliphatic rings. The molecule has 31 heavy (non-hydrogen) atoms. The molecule has 2 aromatic heterocycles. The second-order valence-corrected chi connectivity index (χ2v) is 9.36. The third kappa shape index (κ3) is 4.53. The van der Waals surface area contributed by atoms with Gasteiger partial charge in [0.25, 0.3) is 15.7 Å². The summed E-state index contributed by atoms with van der Waals surface area (Å²) in [7, 11) is -5.69. The fourth-order valence-electron chi connectivity index (χ4n) is 2.43. The first-order valence-electron chi connectivity index (χ1n) is 8.13. The van der Waals surface area contributed by atoms with Crippen molar-refractivity contribution in [1.82, 2.24) is 25.1 Å². The highest BCUT2D eigenvalue weighted by Crippen LogP contribution is 2.32. The number of halogens is 4. The third-order valence-corrected chi connectivity index (χ3v) is 6.40. The van der Waals surface area contributed by atoms with E-state index in [0.717, 1.165) is 17.4 Å². The van der Waals surface area contributed by atoms with Gasteiger partial charge in [-0.05, 0) is 25.1 Å². The molecule has 0 aliphatic carbocycles. The number of sulfone groups is 1. The number of alkyl halides is 3. The van der Waals surface area contributed by atoms with Gasteiger partial charge in [0.2, 0.25) is 5.13 Å². The standard InChI is InChI=1S/C16H10ClF3N6O3S2/c1-8(13-23-7-24-26(13)15-22-6-11(5-21)30-15)25-14(27)9-2-10(17)4-12(3-9)31(28,29)16(18,19)20/h2-4,6-8H,1H3,(H,25,27)/t8-/m0/s1. The van der Waals surface area contributed by atoms with Crippen LogP contribution in [0, 0.1) is 11.3 Å². The van der Waals surface area contributed by atoms with E-state index in [2.05, 4.69) is 20.4 Å². The Hall–Kier alpha value is -3.02. The lowest BCUT2D eigenvalue weighted by molar-refractivity contribution is -0.0436. The number of amides is 1. The molecule has 3 aromatic rings. The van der Waals surface area contributed by atoms with Gasteiger partial charge in [0.15, 0.2) is 5.82 Å². The van der Waals surface area contributed by atoms with E-state index in [9.17, 15) is 26.4 Å². The molecule has 0 saturated carbocycles. The van der Waals surface area contributed by atoms with Crippen molar-refractivity contribution in [3.05, 3.63) is 52.0 Å². The molecule has 1 atom stereocenters. The van der Waals surface area contributed by atoms with Crippen LogP contribution in [0.4, 0.5) is 13.2 Å². The van der Waals surface area contributed by atoms with Crippen LogP contribution < -0.4 is 5.32 Å². The van der Waals surface area contributed by atoms with E-state index in [0.29, 0.717) is 22.1 Å². The molecule has 0 saturated heterocycles. The van der Waals surface area contributed by atoms with Crippen molar-refractivity contribution < 1.29 is 26.4 Å². The summed E-state index contributed by atoms with van der Waals surface area (Å²) in [6.07, 6.45) is 2.53. The molecule has 0 bridgehead atoms. The number of nitrogens with one attached hydrogen (secondary N) is 1. The normalized spacial score (nSPS) is 12.9. The van der Waals surface area contributed by atoms with Crippen LogP contribution in [0.15, 0.2) is 35.6 Å². The maximum atomic E-state index is 12.8. The van der Waals surface area contributed by atoms with E-state index < -0.39 is 37.8 Å². The number of nitrogens with zero attached hydrogens (tertiary/aromatic N) is 5. The van der Waals surface area contributed by atoms with Gasteiger partial charge in [-0.2, -0.15) is 28.2 Å². The first-order chi connectivity index (χ1) is 14.4. The fourth-order valence-corrected chi connectivity index (χ4v) is 4.25. The molecule has 9 nitrogen and oxygen atoms in total. The van der Waals surface area contributed by atoms with Crippen LogP contribution >= 0.6 is 22.9 Å². The Morgan fingerprint density at radius 2 is 2.03 bits per heavy atom. The first kappa shape index (κ1) is 22.7. The zero-order valence-electron chi connectivity index (χ0n) is 15.3. The smallest absolute Gasteiger partial charge is 0.342 e. The second-order valence-electron chi connectivity index (χ2n) is 5.97. The number of nitriles is 1. The molecule has 0 fully saturated rings. The highest BCUT2D eigenvalue weighted by Gasteiger charge is 2.47. The lowest BCUT2D eigenvalue weighted by Gasteiger charge is -2.15. The zero-order chi connectivity index (χ0) is 23.0. The Bertz CT molecular complexity index is 1300. The molecule has 0 unspecified atom stereocenters. The van der Waals surface area contributed by atoms with Crippen molar-refractivity contribution in [2.24, 2.45) is 0 Å². The minimum Gasteiger partial charge on any atom is -0.342 e. The van der Waals surface area contributed by atoms with Gasteiger partial charge in [-0.3, -0.25) is 4.79 Å². The van der Waals surface area contributed by atoms with Crippen LogP contribution in [0.1, 0.15) is 34.0 Å². The quantitative estimate of drug-likeness (QED) is 0.581. The average molecular weight is 491 g/mol. The minimum atomic E-state index is -5.69. The molecule has 0 radical (unpaired) electrons. The van der Waals surface area contributed by atoms with Gasteiger partial charge in [-0.15, -0.1) is 0 Å². The van der Waals surface area contributed by atoms with Crippen molar-refractivity contribution >= 4 is 38.7 Å². The van der Waals surface area contributed by atoms with E-state index >= 15 is 0 Å². The molecule has 0 aliphatic heterocycles. The molecule has 0 spiro atoms. The van der Waals surface area contributed by atoms with Gasteiger partial charge in [0.05, 0.1) is 17.1 Å². The molecule has 1 aromatic carbocycles. The van der Waals surface area contributed by atoms with Crippen molar-refractivity contribution in [3.8, 4) is 11.2 Å². The Labute approximate surface area is 182 Å². The van der Waals surface area contributed by atoms with Crippen LogP contribution in [0.5, 0.6) is 0 Å². The van der Waals surface area contributed by atoms with Crippen LogP contribution in [0.3, 0.4) is 0 Å². The van der Waals surface area contributed by atoms with Crippen LogP contribution in [0.25, 0.3) is 5.13 Å². The second kappa shape index (κ2) is 8.25. The number of rotatable bonds is 5. The molecule has 1 amide bonds. The van der Waals surface area contributed by atoms with Crippen molar-refractivity contribution in [2.75, 3.05) is 0 Å². The van der Waals surface area contributed by atoms with Crippen LogP contribution in [-0.2, 0) is 9.84 Å². The summed E-state index contributed by atoms with van der Waals surface area (Å²) in [5.41, 5.74) is -5.94. The van der Waals surface area contributed by atoms with Gasteiger partial charge in [0.1, 0.15) is 17.3 Å². The minimum absolute atomic E-state index is 0.220. The Morgan fingerprint density at radius 3 is 2.65 bits per heavy atom. The van der Waals surface area contributed by atoms with E-state index in [1.54, 1.807) is 0 Å². The van der Waals surface area contributed by atoms with E-state index in [4.69, 9.17) is 16.9 Å². The number of hydrogen-bond acceptors (Lipinski definition) is 8. The Kier molecular flexibility index (Phi) is 6.03. The Balaban J connectivity index is 1.88. The SMILES string of the molecule is C[C@H](NC(=O)c1cc(Cl)cc(S(=O)(=O)C(F)(F)F)c1)c1ncnn1-c1ncc(C#N)s1. The molecular weight excluding hydrogens is 481 g/mol. The first-order valence-corrected chi connectivity index (χ1v) is 10.8. The average Bonchev–Trinajstić information content (AvgIpc) is 3.35. The third-order valence-electron chi connectivity index (χ3n) is 3.84. The number of hydrogen-bond donors (Lipinski definition) is 1. The maximum Gasteiger partial charge on any atom is 0.501 e. The number of benzene rings is 1. The zero-order valence-corrected chi connectivity index (χ0v) is 17.6. The number of carbonyl (C=O) groups excluding carboxylic acids is 1. The monoisotopic (exact) mass is 490 g/mol. The van der Waals surface area contributed by atoms with E-state index in [1.165, 1.54) is 24.1 Å². The summed E-state index contributed by atoms with van der Waals surface area (Å²) in [5, 5.41) is 15.3. The maximum absolute atomic E-state index is 12.8. The van der Waals surface area contributed by atoms with Gasteiger partial charge in [-0.1, -0.05) is 22.9 Å². The van der Waals surface area contributed by atoms with E-state index in [-0.39, 0.29) is 10.8 Å². The largest absolute Gasteiger partial charge is 0.501 e. The van der Waals surface area contributed by atoms with Crippen LogP contribution in [-0.4, -0.2) is 39.6 Å². The van der Waals surface area contributed by atoms with Gasteiger partial charge < -0.3 is 5.32 Å². The molecule has 15 heteroatoms. The van der Waals surface area contributed by atoms with Crippen molar-refractivity contribution in [3.63, 3.8) is 0 Å². The van der Waals surface area contributed by atoms with Crippen LogP contribution in [0.2, 0.25) is 5.02 Å². The Morgan fingerprint density at radius 1 is 1.32 bits per heavy atom. The topological polar surface area (TPSA) is 131 Å². The van der Waals surface area contributed by atoms with Gasteiger partial charge >= 0.3 is 5.51 Å². The summed E-state index contributed by atoms with van der Waals surface area (Å²) in [6.45, 7) is 1.52. The summed E-state index contributed by atoms with van der Waals surface area (Å²) >= 11 is 6.77. The molecule has 162 valence electrons. The summed E-state index contributed by atoms with van der Waals surface area (Å²) in [6, 6.07) is 3.34. The lowest BCUT2D eigenvalue weighted by Crippen LogP contribution is -2.29. The molecule has 2 heterocycles. The molecule has 1 N–H and O–H groups in total. The predicted octanol–water partition coefficient (Wildman–Crippen LogP) is 3.03.